The zero-order valence-electron chi connectivity index (χ0n) is 6.13. The molecule has 0 aromatic carbocycles. The molecule has 0 saturated heterocycles. The van der Waals surface area contributed by atoms with Crippen molar-refractivity contribution >= 4 is 30.1 Å². The second kappa shape index (κ2) is 3.65. The van der Waals surface area contributed by atoms with E-state index in [0.29, 0.717) is 21.1 Å². The van der Waals surface area contributed by atoms with E-state index in [1.54, 1.807) is 6.92 Å². The van der Waals surface area contributed by atoms with E-state index in [2.05, 4.69) is 10.2 Å². The molecule has 0 aliphatic heterocycles. The van der Waals surface area contributed by atoms with Crippen molar-refractivity contribution in [3.05, 3.63) is 5.01 Å². The third-order valence-electron chi connectivity index (χ3n) is 0.903. The Balaban J connectivity index is 2.44. The highest BCUT2D eigenvalue weighted by atomic mass is 32.2. The van der Waals surface area contributed by atoms with Gasteiger partial charge in [-0.1, -0.05) is 11.3 Å². The molecule has 8 heteroatoms. The zero-order valence-corrected chi connectivity index (χ0v) is 7.76. The molecule has 0 spiro atoms. The molecule has 0 bridgehead atoms. The molecule has 0 amide bonds. The number of halogens is 3. The Bertz CT molecular complexity index is 261. The van der Waals surface area contributed by atoms with Crippen molar-refractivity contribution in [2.75, 3.05) is 5.65 Å². The first-order valence-corrected chi connectivity index (χ1v) is 4.91. The van der Waals surface area contributed by atoms with Gasteiger partial charge in [-0.2, -0.15) is 0 Å². The Morgan fingerprint density at radius 2 is 2.08 bits per heavy atom. The first-order chi connectivity index (χ1) is 5.47. The van der Waals surface area contributed by atoms with Gasteiger partial charge in [0.05, 0.1) is 0 Å². The molecule has 0 atom stereocenters. The SMILES string of the molecule is Cc1nnc(SC[B-](F)(F)F)s1. The number of aromatic nitrogens is 2. The lowest BCUT2D eigenvalue weighted by atomic mass is 9.98. The Morgan fingerprint density at radius 3 is 2.50 bits per heavy atom. The van der Waals surface area contributed by atoms with Crippen molar-refractivity contribution in [3.63, 3.8) is 0 Å². The molecule has 0 aliphatic carbocycles. The van der Waals surface area contributed by atoms with Crippen molar-refractivity contribution < 1.29 is 12.9 Å². The van der Waals surface area contributed by atoms with Crippen LogP contribution in [0, 0.1) is 6.92 Å². The number of nitrogens with zero attached hydrogens (tertiary/aromatic N) is 2. The van der Waals surface area contributed by atoms with Crippen LogP contribution in [0.3, 0.4) is 0 Å². The van der Waals surface area contributed by atoms with Crippen LogP contribution >= 0.6 is 23.1 Å². The molecule has 0 fully saturated rings. The second-order valence-corrected chi connectivity index (χ2v) is 4.56. The number of hydrogen-bond donors (Lipinski definition) is 0. The summed E-state index contributed by atoms with van der Waals surface area (Å²) in [6, 6.07) is 0. The molecular formula is C4H5BF3N2S2-. The molecule has 2 nitrogen and oxygen atoms in total. The monoisotopic (exact) mass is 213 g/mol. The maximum absolute atomic E-state index is 11.7. The van der Waals surface area contributed by atoms with Crippen LogP contribution in [-0.4, -0.2) is 22.8 Å². The summed E-state index contributed by atoms with van der Waals surface area (Å²) in [4.78, 5) is 0. The molecular weight excluding hydrogens is 208 g/mol. The summed E-state index contributed by atoms with van der Waals surface area (Å²) in [6.45, 7) is -3.01. The highest BCUT2D eigenvalue weighted by Gasteiger charge is 2.23. The summed E-state index contributed by atoms with van der Waals surface area (Å²) >= 11 is 1.88. The van der Waals surface area contributed by atoms with E-state index in [4.69, 9.17) is 0 Å². The third-order valence-corrected chi connectivity index (χ3v) is 3.01. The summed E-state index contributed by atoms with van der Waals surface area (Å²) in [6.07, 6.45) is 0. The quantitative estimate of drug-likeness (QED) is 0.569. The van der Waals surface area contributed by atoms with Crippen molar-refractivity contribution in [1.82, 2.24) is 10.2 Å². The fourth-order valence-electron chi connectivity index (χ4n) is 0.503. The van der Waals surface area contributed by atoms with E-state index < -0.39 is 12.6 Å². The molecule has 68 valence electrons. The van der Waals surface area contributed by atoms with Crippen LogP contribution in [0.2, 0.25) is 0 Å². The van der Waals surface area contributed by atoms with Crippen molar-refractivity contribution in [2.24, 2.45) is 0 Å². The molecule has 0 unspecified atom stereocenters. The lowest BCUT2D eigenvalue weighted by Gasteiger charge is -2.10. The smallest absolute Gasteiger partial charge is 0.448 e. The van der Waals surface area contributed by atoms with Gasteiger partial charge in [-0.05, 0) is 12.6 Å². The van der Waals surface area contributed by atoms with Crippen LogP contribution in [0.4, 0.5) is 12.9 Å². The van der Waals surface area contributed by atoms with Crippen LogP contribution in [0.15, 0.2) is 4.34 Å². The van der Waals surface area contributed by atoms with Gasteiger partial charge in [-0.25, -0.2) is 0 Å². The average Bonchev–Trinajstić information content (AvgIpc) is 2.30. The fourth-order valence-corrected chi connectivity index (χ4v) is 2.15. The van der Waals surface area contributed by atoms with Crippen LogP contribution < -0.4 is 0 Å². The van der Waals surface area contributed by atoms with Gasteiger partial charge >= 0.3 is 6.98 Å². The Kier molecular flexibility index (Phi) is 3.00. The lowest BCUT2D eigenvalue weighted by Crippen LogP contribution is -2.18. The standard InChI is InChI=1S/C4H5BF3N2S2/c1-3-9-10-4(12-3)11-2-5(6,7)8/h2H2,1H3/q-1. The number of hydrogen-bond acceptors (Lipinski definition) is 4. The van der Waals surface area contributed by atoms with Gasteiger partial charge in [0.25, 0.3) is 0 Å². The topological polar surface area (TPSA) is 25.8 Å². The largest absolute Gasteiger partial charge is 0.488 e. The predicted molar refractivity (Wildman–Crippen MR) is 44.4 cm³/mol. The van der Waals surface area contributed by atoms with Crippen LogP contribution in [0.25, 0.3) is 0 Å². The highest BCUT2D eigenvalue weighted by Crippen LogP contribution is 2.26. The fraction of sp³-hybridized carbons (Fsp3) is 0.500. The summed E-state index contributed by atoms with van der Waals surface area (Å²) in [7, 11) is 0. The molecule has 1 aromatic rings. The van der Waals surface area contributed by atoms with E-state index in [9.17, 15) is 12.9 Å². The Morgan fingerprint density at radius 1 is 1.42 bits per heavy atom. The summed E-state index contributed by atoms with van der Waals surface area (Å²) < 4.78 is 35.6. The molecule has 0 N–H and O–H groups in total. The minimum Gasteiger partial charge on any atom is -0.448 e. The van der Waals surface area contributed by atoms with E-state index in [1.165, 1.54) is 11.3 Å². The van der Waals surface area contributed by atoms with Crippen molar-refractivity contribution in [1.29, 1.82) is 0 Å². The number of rotatable bonds is 3. The maximum atomic E-state index is 11.7. The van der Waals surface area contributed by atoms with Gasteiger partial charge in [0.1, 0.15) is 5.01 Å². The van der Waals surface area contributed by atoms with Gasteiger partial charge in [-0.3, -0.25) is 0 Å². The summed E-state index contributed by atoms with van der Waals surface area (Å²) in [5.74, 6) is 0. The minimum absolute atomic E-state index is 0.381. The molecule has 0 saturated carbocycles. The Hall–Kier alpha value is -0.235. The van der Waals surface area contributed by atoms with Gasteiger partial charge in [0, 0.05) is 0 Å². The first-order valence-electron chi connectivity index (χ1n) is 3.11. The van der Waals surface area contributed by atoms with E-state index >= 15 is 0 Å². The van der Waals surface area contributed by atoms with Crippen molar-refractivity contribution in [3.8, 4) is 0 Å². The molecule has 0 aliphatic rings. The third kappa shape index (κ3) is 3.44. The van der Waals surface area contributed by atoms with Crippen LogP contribution in [0.1, 0.15) is 5.01 Å². The molecule has 0 radical (unpaired) electrons. The Labute approximate surface area is 75.6 Å². The zero-order chi connectivity index (χ0) is 9.19. The first kappa shape index (κ1) is 9.85. The van der Waals surface area contributed by atoms with Crippen LogP contribution in [0.5, 0.6) is 0 Å². The summed E-state index contributed by atoms with van der Waals surface area (Å²) in [5.41, 5.74) is -0.839. The lowest BCUT2D eigenvalue weighted by molar-refractivity contribution is 0.485. The highest BCUT2D eigenvalue weighted by molar-refractivity contribution is 8.02. The van der Waals surface area contributed by atoms with E-state index in [1.807, 2.05) is 0 Å². The molecule has 1 aromatic heterocycles. The van der Waals surface area contributed by atoms with E-state index in [0.717, 1.165) is 0 Å². The molecule has 1 rings (SSSR count). The maximum Gasteiger partial charge on any atom is 0.488 e. The van der Waals surface area contributed by atoms with Gasteiger partial charge in [0.2, 0.25) is 0 Å². The summed E-state index contributed by atoms with van der Waals surface area (Å²) in [5, 5.41) is 7.85. The van der Waals surface area contributed by atoms with Gasteiger partial charge in [0.15, 0.2) is 4.34 Å². The van der Waals surface area contributed by atoms with Gasteiger partial charge < -0.3 is 12.9 Å². The molecule has 1 heterocycles. The van der Waals surface area contributed by atoms with Crippen molar-refractivity contribution in [2.45, 2.75) is 11.3 Å². The van der Waals surface area contributed by atoms with E-state index in [-0.39, 0.29) is 0 Å². The van der Waals surface area contributed by atoms with Crippen LogP contribution in [-0.2, 0) is 0 Å². The van der Waals surface area contributed by atoms with Gasteiger partial charge in [-0.15, -0.1) is 22.0 Å². The predicted octanol–water partition coefficient (Wildman–Crippen LogP) is 2.33. The minimum atomic E-state index is -4.72. The number of thioether (sulfide) groups is 1. The molecule has 12 heavy (non-hydrogen) atoms. The second-order valence-electron chi connectivity index (χ2n) is 2.11. The number of aryl methyl sites for hydroxylation is 1. The normalized spacial score (nSPS) is 12.0. The average molecular weight is 213 g/mol.